The summed E-state index contributed by atoms with van der Waals surface area (Å²) in [5.74, 6) is 0.818. The molecule has 104 valence electrons. The van der Waals surface area contributed by atoms with Crippen molar-refractivity contribution in [1.29, 1.82) is 0 Å². The van der Waals surface area contributed by atoms with Gasteiger partial charge in [-0.05, 0) is 42.9 Å². The Balaban J connectivity index is 2.23. The molecule has 3 atom stereocenters. The maximum Gasteiger partial charge on any atom is 0.207 e. The highest BCUT2D eigenvalue weighted by molar-refractivity contribution is 5.53. The van der Waals surface area contributed by atoms with E-state index in [1.165, 1.54) is 0 Å². The maximum absolute atomic E-state index is 10.4. The van der Waals surface area contributed by atoms with E-state index in [0.29, 0.717) is 18.6 Å². The van der Waals surface area contributed by atoms with Gasteiger partial charge in [0, 0.05) is 5.56 Å². The van der Waals surface area contributed by atoms with Gasteiger partial charge in [0.1, 0.15) is 11.5 Å². The van der Waals surface area contributed by atoms with E-state index in [-0.39, 0.29) is 11.2 Å². The van der Waals surface area contributed by atoms with Gasteiger partial charge in [0.05, 0.1) is 11.5 Å². The molecule has 0 unspecified atom stereocenters. The minimum atomic E-state index is -0.976. The molecule has 1 fully saturated rings. The molecule has 19 heavy (non-hydrogen) atoms. The highest BCUT2D eigenvalue weighted by Gasteiger charge is 2.62. The molecule has 1 aromatic carbocycles. The van der Waals surface area contributed by atoms with Gasteiger partial charge in [-0.25, -0.2) is 0 Å². The van der Waals surface area contributed by atoms with E-state index in [0.717, 1.165) is 11.1 Å². The molecule has 0 saturated heterocycles. The summed E-state index contributed by atoms with van der Waals surface area (Å²) in [6, 6.07) is 3.43. The van der Waals surface area contributed by atoms with Crippen molar-refractivity contribution in [3.8, 4) is 11.5 Å². The topological polar surface area (TPSA) is 69.9 Å². The zero-order valence-corrected chi connectivity index (χ0v) is 11.5. The third-order valence-electron chi connectivity index (χ3n) is 4.95. The summed E-state index contributed by atoms with van der Waals surface area (Å²) < 4.78 is 5.60. The number of aryl methyl sites for hydroxylation is 1. The van der Waals surface area contributed by atoms with Crippen molar-refractivity contribution < 1.29 is 20.1 Å². The Morgan fingerprint density at radius 2 is 1.89 bits per heavy atom. The smallest absolute Gasteiger partial charge is 0.207 e. The van der Waals surface area contributed by atoms with Crippen molar-refractivity contribution in [2.24, 2.45) is 5.41 Å². The molecule has 1 spiro atoms. The summed E-state index contributed by atoms with van der Waals surface area (Å²) in [6.07, 6.45) is -0.364. The molecular weight excluding hydrogens is 244 g/mol. The predicted molar refractivity (Wildman–Crippen MR) is 70.2 cm³/mol. The summed E-state index contributed by atoms with van der Waals surface area (Å²) in [7, 11) is 0. The Labute approximate surface area is 112 Å². The molecule has 4 heteroatoms. The van der Waals surface area contributed by atoms with Gasteiger partial charge < -0.3 is 20.1 Å². The van der Waals surface area contributed by atoms with Gasteiger partial charge in [0.25, 0.3) is 0 Å². The standard InChI is InChI=1S/C15H20O4/c1-8-4-12-10(5-11(8)17)15(13(18)19-12)7-9(16)6-14(15,2)3/h4-5,9,13,16-18H,6-7H2,1-3H3/t9-,13+,15+/m0/s1. The Bertz CT molecular complexity index is 537. The number of rotatable bonds is 0. The zero-order chi connectivity index (χ0) is 14.0. The summed E-state index contributed by atoms with van der Waals surface area (Å²) >= 11 is 0. The number of ether oxygens (including phenoxy) is 1. The summed E-state index contributed by atoms with van der Waals surface area (Å²) in [4.78, 5) is 0. The van der Waals surface area contributed by atoms with Crippen LogP contribution in [0.1, 0.15) is 37.8 Å². The number of hydrogen-bond acceptors (Lipinski definition) is 4. The molecule has 1 aliphatic carbocycles. The lowest BCUT2D eigenvalue weighted by atomic mass is 9.64. The molecular formula is C15H20O4. The number of phenolic OH excluding ortho intramolecular Hbond substituents is 1. The number of phenols is 1. The lowest BCUT2D eigenvalue weighted by Gasteiger charge is -2.39. The van der Waals surface area contributed by atoms with E-state index >= 15 is 0 Å². The fourth-order valence-electron chi connectivity index (χ4n) is 3.87. The molecule has 0 radical (unpaired) electrons. The van der Waals surface area contributed by atoms with Crippen LogP contribution in [-0.2, 0) is 5.41 Å². The minimum Gasteiger partial charge on any atom is -0.508 e. The fraction of sp³-hybridized carbons (Fsp3) is 0.600. The molecule has 1 aliphatic heterocycles. The largest absolute Gasteiger partial charge is 0.508 e. The van der Waals surface area contributed by atoms with Crippen LogP contribution in [-0.4, -0.2) is 27.7 Å². The number of aromatic hydroxyl groups is 1. The second-order valence-electron chi connectivity index (χ2n) is 6.52. The Morgan fingerprint density at radius 3 is 2.47 bits per heavy atom. The number of fused-ring (bicyclic) bond motifs is 2. The highest BCUT2D eigenvalue weighted by Crippen LogP contribution is 2.61. The quantitative estimate of drug-likeness (QED) is 0.668. The van der Waals surface area contributed by atoms with Crippen molar-refractivity contribution in [2.75, 3.05) is 0 Å². The molecule has 1 aromatic rings. The van der Waals surface area contributed by atoms with Crippen LogP contribution in [0, 0.1) is 12.3 Å². The van der Waals surface area contributed by atoms with Crippen LogP contribution >= 0.6 is 0 Å². The molecule has 2 aliphatic rings. The first-order chi connectivity index (χ1) is 8.78. The first-order valence-corrected chi connectivity index (χ1v) is 6.65. The zero-order valence-electron chi connectivity index (χ0n) is 11.5. The number of aliphatic hydroxyl groups excluding tert-OH is 2. The highest BCUT2D eigenvalue weighted by atomic mass is 16.6. The summed E-state index contributed by atoms with van der Waals surface area (Å²) in [6.45, 7) is 5.86. The number of benzene rings is 1. The third-order valence-corrected chi connectivity index (χ3v) is 4.95. The van der Waals surface area contributed by atoms with Gasteiger partial charge in [-0.15, -0.1) is 0 Å². The van der Waals surface area contributed by atoms with Gasteiger partial charge in [0.15, 0.2) is 0 Å². The van der Waals surface area contributed by atoms with Gasteiger partial charge in [-0.1, -0.05) is 13.8 Å². The molecule has 0 bridgehead atoms. The first kappa shape index (κ1) is 12.8. The molecule has 1 saturated carbocycles. The van der Waals surface area contributed by atoms with Crippen LogP contribution in [0.5, 0.6) is 11.5 Å². The van der Waals surface area contributed by atoms with Crippen molar-refractivity contribution in [1.82, 2.24) is 0 Å². The van der Waals surface area contributed by atoms with E-state index in [4.69, 9.17) is 4.74 Å². The molecule has 1 heterocycles. The molecule has 4 nitrogen and oxygen atoms in total. The molecule has 3 rings (SSSR count). The van der Waals surface area contributed by atoms with E-state index in [9.17, 15) is 15.3 Å². The third kappa shape index (κ3) is 1.47. The Kier molecular flexibility index (Phi) is 2.45. The Hall–Kier alpha value is -1.26. The van der Waals surface area contributed by atoms with Gasteiger partial charge in [0.2, 0.25) is 6.29 Å². The van der Waals surface area contributed by atoms with Crippen LogP contribution in [0.4, 0.5) is 0 Å². The van der Waals surface area contributed by atoms with E-state index < -0.39 is 17.8 Å². The summed E-state index contributed by atoms with van der Waals surface area (Å²) in [5.41, 5.74) is 0.593. The van der Waals surface area contributed by atoms with E-state index in [1.807, 2.05) is 13.8 Å². The van der Waals surface area contributed by atoms with Crippen molar-refractivity contribution in [3.63, 3.8) is 0 Å². The lowest BCUT2D eigenvalue weighted by molar-refractivity contribution is -0.0875. The normalized spacial score (nSPS) is 35.4. The fourth-order valence-corrected chi connectivity index (χ4v) is 3.87. The molecule has 3 N–H and O–H groups in total. The first-order valence-electron chi connectivity index (χ1n) is 6.65. The Morgan fingerprint density at radius 1 is 1.21 bits per heavy atom. The molecule has 0 aromatic heterocycles. The van der Waals surface area contributed by atoms with Crippen molar-refractivity contribution >= 4 is 0 Å². The second kappa shape index (κ2) is 3.64. The molecule has 0 amide bonds. The van der Waals surface area contributed by atoms with Gasteiger partial charge in [-0.3, -0.25) is 0 Å². The maximum atomic E-state index is 10.4. The average molecular weight is 264 g/mol. The second-order valence-corrected chi connectivity index (χ2v) is 6.52. The van der Waals surface area contributed by atoms with E-state index in [2.05, 4.69) is 0 Å². The van der Waals surface area contributed by atoms with Crippen molar-refractivity contribution in [3.05, 3.63) is 23.3 Å². The van der Waals surface area contributed by atoms with Crippen LogP contribution in [0.25, 0.3) is 0 Å². The van der Waals surface area contributed by atoms with Gasteiger partial charge in [-0.2, -0.15) is 0 Å². The predicted octanol–water partition coefficient (Wildman–Crippen LogP) is 1.83. The van der Waals surface area contributed by atoms with Crippen LogP contribution in [0.3, 0.4) is 0 Å². The van der Waals surface area contributed by atoms with Crippen LogP contribution in [0.2, 0.25) is 0 Å². The van der Waals surface area contributed by atoms with E-state index in [1.54, 1.807) is 19.1 Å². The lowest BCUT2D eigenvalue weighted by Crippen LogP contribution is -2.46. The average Bonchev–Trinajstić information content (AvgIpc) is 2.67. The number of hydrogen-bond donors (Lipinski definition) is 3. The minimum absolute atomic E-state index is 0.202. The monoisotopic (exact) mass is 264 g/mol. The summed E-state index contributed by atoms with van der Waals surface area (Å²) in [5, 5.41) is 30.4. The van der Waals surface area contributed by atoms with Crippen molar-refractivity contribution in [2.45, 2.75) is 51.4 Å². The van der Waals surface area contributed by atoms with Crippen LogP contribution in [0.15, 0.2) is 12.1 Å². The van der Waals surface area contributed by atoms with Gasteiger partial charge >= 0.3 is 0 Å². The number of aliphatic hydroxyl groups is 2. The van der Waals surface area contributed by atoms with Crippen LogP contribution < -0.4 is 4.74 Å². The SMILES string of the molecule is Cc1cc2c(cc1O)[C@]1(C[C@@H](O)CC1(C)C)[C@H](O)O2.